The monoisotopic (exact) mass is 363 g/mol. The Morgan fingerprint density at radius 1 is 0.750 bits per heavy atom. The van der Waals surface area contributed by atoms with Crippen LogP contribution in [-0.2, 0) is 19.3 Å². The van der Waals surface area contributed by atoms with E-state index in [0.29, 0.717) is 6.42 Å². The lowest BCUT2D eigenvalue weighted by Crippen LogP contribution is -2.21. The Morgan fingerprint density at radius 3 is 2.21 bits per heavy atom. The maximum atomic E-state index is 13.1. The van der Waals surface area contributed by atoms with Crippen LogP contribution >= 0.6 is 0 Å². The molecule has 0 unspecified atom stereocenters. The topological polar surface area (TPSA) is 32.9 Å². The van der Waals surface area contributed by atoms with Gasteiger partial charge in [-0.15, -0.1) is 0 Å². The second-order valence-electron chi connectivity index (χ2n) is 7.35. The molecule has 0 spiro atoms. The van der Waals surface area contributed by atoms with E-state index in [9.17, 15) is 4.79 Å². The number of hydrogen-bond donors (Lipinski definition) is 1. The van der Waals surface area contributed by atoms with E-state index in [1.54, 1.807) is 0 Å². The fraction of sp³-hybridized carbons (Fsp3) is 0.115. The van der Waals surface area contributed by atoms with Crippen LogP contribution in [0.25, 0.3) is 22.4 Å². The molecule has 0 bridgehead atoms. The zero-order valence-corrected chi connectivity index (χ0v) is 15.6. The summed E-state index contributed by atoms with van der Waals surface area (Å²) in [4.78, 5) is 16.4. The fourth-order valence-corrected chi connectivity index (χ4v) is 4.31. The number of pyridine rings is 1. The van der Waals surface area contributed by atoms with Crippen molar-refractivity contribution in [1.29, 1.82) is 0 Å². The van der Waals surface area contributed by atoms with Crippen molar-refractivity contribution >= 4 is 0 Å². The zero-order valence-electron chi connectivity index (χ0n) is 15.6. The van der Waals surface area contributed by atoms with Crippen LogP contribution in [0.15, 0.2) is 89.7 Å². The van der Waals surface area contributed by atoms with E-state index in [4.69, 9.17) is 0 Å². The summed E-state index contributed by atoms with van der Waals surface area (Å²) in [5, 5.41) is 0. The van der Waals surface area contributed by atoms with Crippen molar-refractivity contribution in [1.82, 2.24) is 4.98 Å². The van der Waals surface area contributed by atoms with E-state index >= 15 is 0 Å². The first kappa shape index (κ1) is 16.8. The summed E-state index contributed by atoms with van der Waals surface area (Å²) in [6.07, 6.45) is 2.54. The molecule has 0 atom stereocenters. The number of rotatable bonds is 3. The molecule has 1 aromatic heterocycles. The predicted octanol–water partition coefficient (Wildman–Crippen LogP) is 5.40. The molecule has 28 heavy (non-hydrogen) atoms. The Kier molecular flexibility index (Phi) is 4.17. The highest BCUT2D eigenvalue weighted by molar-refractivity contribution is 5.86. The normalized spacial score (nSPS) is 12.3. The fourth-order valence-electron chi connectivity index (χ4n) is 4.31. The Labute approximate surface area is 164 Å². The number of fused-ring (bicyclic) bond motifs is 3. The van der Waals surface area contributed by atoms with E-state index in [1.807, 2.05) is 36.4 Å². The molecule has 3 aromatic carbocycles. The summed E-state index contributed by atoms with van der Waals surface area (Å²) in [5.41, 5.74) is 9.07. The van der Waals surface area contributed by atoms with Crippen molar-refractivity contribution in [3.05, 3.63) is 118 Å². The van der Waals surface area contributed by atoms with Gasteiger partial charge in [0.2, 0.25) is 0 Å². The summed E-state index contributed by atoms with van der Waals surface area (Å²) in [6, 6.07) is 29.0. The lowest BCUT2D eigenvalue weighted by Gasteiger charge is -2.25. The summed E-state index contributed by atoms with van der Waals surface area (Å²) < 4.78 is 0. The first-order valence-electron chi connectivity index (χ1n) is 9.77. The van der Waals surface area contributed by atoms with Crippen LogP contribution in [0.1, 0.15) is 22.3 Å². The van der Waals surface area contributed by atoms with Crippen molar-refractivity contribution in [2.24, 2.45) is 0 Å². The van der Waals surface area contributed by atoms with Gasteiger partial charge >= 0.3 is 0 Å². The maximum absolute atomic E-state index is 13.1. The van der Waals surface area contributed by atoms with Crippen molar-refractivity contribution in [3.8, 4) is 22.4 Å². The van der Waals surface area contributed by atoms with E-state index in [-0.39, 0.29) is 5.56 Å². The number of H-pyrrole nitrogens is 1. The lowest BCUT2D eigenvalue weighted by molar-refractivity contribution is 0.903. The minimum absolute atomic E-state index is 0.0286. The van der Waals surface area contributed by atoms with Gasteiger partial charge in [-0.3, -0.25) is 4.79 Å². The molecule has 5 rings (SSSR count). The van der Waals surface area contributed by atoms with Gasteiger partial charge in [0.05, 0.1) is 5.69 Å². The van der Waals surface area contributed by atoms with Crippen molar-refractivity contribution in [2.45, 2.75) is 19.3 Å². The first-order chi connectivity index (χ1) is 13.8. The standard InChI is InChI=1S/C26H21NO/c28-26-23(17-18-9-3-1-4-10-18)22-16-15-19-11-7-8-14-21(19)24(22)25(27-26)20-12-5-2-6-13-20/h1-14H,15-17H2,(H,27,28). The quantitative estimate of drug-likeness (QED) is 0.519. The molecule has 0 saturated carbocycles. The molecular formula is C26H21NO. The zero-order chi connectivity index (χ0) is 18.9. The van der Waals surface area contributed by atoms with Gasteiger partial charge in [0.1, 0.15) is 0 Å². The van der Waals surface area contributed by atoms with E-state index in [2.05, 4.69) is 53.5 Å². The van der Waals surface area contributed by atoms with Crippen LogP contribution in [0.4, 0.5) is 0 Å². The van der Waals surface area contributed by atoms with Gasteiger partial charge in [-0.05, 0) is 40.7 Å². The highest BCUT2D eigenvalue weighted by Crippen LogP contribution is 2.40. The Bertz CT molecular complexity index is 1190. The van der Waals surface area contributed by atoms with Gasteiger partial charge in [0.15, 0.2) is 0 Å². The minimum Gasteiger partial charge on any atom is -0.321 e. The molecule has 1 aliphatic rings. The van der Waals surface area contributed by atoms with Gasteiger partial charge in [0.25, 0.3) is 5.56 Å². The van der Waals surface area contributed by atoms with Gasteiger partial charge in [-0.2, -0.15) is 0 Å². The summed E-state index contributed by atoms with van der Waals surface area (Å²) >= 11 is 0. The average Bonchev–Trinajstić information content (AvgIpc) is 2.76. The molecular weight excluding hydrogens is 342 g/mol. The molecule has 2 nitrogen and oxygen atoms in total. The molecule has 1 N–H and O–H groups in total. The van der Waals surface area contributed by atoms with Crippen molar-refractivity contribution in [2.75, 3.05) is 0 Å². The number of aromatic nitrogens is 1. The summed E-state index contributed by atoms with van der Waals surface area (Å²) in [7, 11) is 0. The lowest BCUT2D eigenvalue weighted by atomic mass is 9.80. The van der Waals surface area contributed by atoms with Gasteiger partial charge in [-0.25, -0.2) is 0 Å². The van der Waals surface area contributed by atoms with Crippen LogP contribution in [0.5, 0.6) is 0 Å². The molecule has 136 valence electrons. The van der Waals surface area contributed by atoms with Crippen molar-refractivity contribution < 1.29 is 0 Å². The third kappa shape index (κ3) is 2.87. The largest absolute Gasteiger partial charge is 0.321 e. The SMILES string of the molecule is O=c1[nH]c(-c2ccccc2)c2c(c1Cc1ccccc1)CCc1ccccc1-2. The van der Waals surface area contributed by atoms with Crippen molar-refractivity contribution in [3.63, 3.8) is 0 Å². The summed E-state index contributed by atoms with van der Waals surface area (Å²) in [5.74, 6) is 0. The number of aromatic amines is 1. The number of aryl methyl sites for hydroxylation is 1. The Morgan fingerprint density at radius 2 is 1.43 bits per heavy atom. The molecule has 0 saturated heterocycles. The van der Waals surface area contributed by atoms with E-state index < -0.39 is 0 Å². The second kappa shape index (κ2) is 6.97. The smallest absolute Gasteiger partial charge is 0.252 e. The van der Waals surface area contributed by atoms with E-state index in [1.165, 1.54) is 27.8 Å². The second-order valence-corrected chi connectivity index (χ2v) is 7.35. The van der Waals surface area contributed by atoms with Crippen LogP contribution in [0, 0.1) is 0 Å². The highest BCUT2D eigenvalue weighted by atomic mass is 16.1. The Hall–Kier alpha value is -3.39. The first-order valence-corrected chi connectivity index (χ1v) is 9.77. The molecule has 1 heterocycles. The van der Waals surface area contributed by atoms with E-state index in [0.717, 1.165) is 29.7 Å². The van der Waals surface area contributed by atoms with Gasteiger partial charge in [-0.1, -0.05) is 84.9 Å². The molecule has 0 fully saturated rings. The molecule has 0 amide bonds. The molecule has 4 aromatic rings. The van der Waals surface area contributed by atoms with Gasteiger partial charge < -0.3 is 4.98 Å². The van der Waals surface area contributed by atoms with Crippen LogP contribution < -0.4 is 5.56 Å². The average molecular weight is 363 g/mol. The number of hydrogen-bond acceptors (Lipinski definition) is 1. The third-order valence-electron chi connectivity index (χ3n) is 5.65. The number of nitrogens with one attached hydrogen (secondary N) is 1. The van der Waals surface area contributed by atoms with Crippen LogP contribution in [0.3, 0.4) is 0 Å². The molecule has 2 heteroatoms. The van der Waals surface area contributed by atoms with Gasteiger partial charge in [0, 0.05) is 17.5 Å². The number of benzene rings is 3. The predicted molar refractivity (Wildman–Crippen MR) is 115 cm³/mol. The maximum Gasteiger partial charge on any atom is 0.252 e. The Balaban J connectivity index is 1.78. The summed E-state index contributed by atoms with van der Waals surface area (Å²) in [6.45, 7) is 0. The minimum atomic E-state index is 0.0286. The molecule has 1 aliphatic carbocycles. The molecule has 0 aliphatic heterocycles. The van der Waals surface area contributed by atoms with Crippen LogP contribution in [0.2, 0.25) is 0 Å². The third-order valence-corrected chi connectivity index (χ3v) is 5.65. The highest BCUT2D eigenvalue weighted by Gasteiger charge is 2.24. The molecule has 0 radical (unpaired) electrons. The van der Waals surface area contributed by atoms with Crippen LogP contribution in [-0.4, -0.2) is 4.98 Å².